The maximum atomic E-state index is 12.5. The number of hydrogen-bond donors (Lipinski definition) is 1. The van der Waals surface area contributed by atoms with E-state index in [9.17, 15) is 4.79 Å². The van der Waals surface area contributed by atoms with Crippen LogP contribution >= 0.6 is 11.8 Å². The molecular formula is C18H26N6OS. The lowest BCUT2D eigenvalue weighted by atomic mass is 9.97. The number of aromatic nitrogens is 4. The average Bonchev–Trinajstić information content (AvgIpc) is 3.05. The molecule has 1 atom stereocenters. The number of amides is 1. The maximum absolute atomic E-state index is 12.5. The predicted molar refractivity (Wildman–Crippen MR) is 103 cm³/mol. The smallest absolute Gasteiger partial charge is 0.224 e. The van der Waals surface area contributed by atoms with Crippen LogP contribution in [0.3, 0.4) is 0 Å². The van der Waals surface area contributed by atoms with Gasteiger partial charge in [-0.25, -0.2) is 4.98 Å². The Balaban J connectivity index is 1.44. The Morgan fingerprint density at radius 1 is 1.38 bits per heavy atom. The number of carbonyl (C=O) groups is 1. The zero-order valence-electron chi connectivity index (χ0n) is 15.4. The number of aryl methyl sites for hydroxylation is 1. The molecule has 0 saturated carbocycles. The molecule has 1 amide bonds. The second-order valence-corrected chi connectivity index (χ2v) is 7.45. The fourth-order valence-corrected chi connectivity index (χ4v) is 4.14. The predicted octanol–water partition coefficient (Wildman–Crippen LogP) is 2.13. The summed E-state index contributed by atoms with van der Waals surface area (Å²) in [5.41, 5.74) is 0. The first-order valence-electron chi connectivity index (χ1n) is 9.15. The third-order valence-electron chi connectivity index (χ3n) is 4.62. The van der Waals surface area contributed by atoms with Gasteiger partial charge in [-0.05, 0) is 38.8 Å². The third-order valence-corrected chi connectivity index (χ3v) is 5.58. The molecule has 0 aliphatic carbocycles. The van der Waals surface area contributed by atoms with Crippen molar-refractivity contribution in [3.05, 3.63) is 30.2 Å². The van der Waals surface area contributed by atoms with Crippen LogP contribution in [0.4, 0.5) is 5.82 Å². The van der Waals surface area contributed by atoms with Gasteiger partial charge < -0.3 is 14.8 Å². The lowest BCUT2D eigenvalue weighted by Crippen LogP contribution is -2.43. The summed E-state index contributed by atoms with van der Waals surface area (Å²) in [7, 11) is 0. The summed E-state index contributed by atoms with van der Waals surface area (Å²) in [6.45, 7) is 7.23. The molecule has 140 valence electrons. The van der Waals surface area contributed by atoms with Gasteiger partial charge in [0.25, 0.3) is 0 Å². The van der Waals surface area contributed by atoms with Crippen LogP contribution in [-0.4, -0.2) is 51.0 Å². The number of piperidine rings is 1. The highest BCUT2D eigenvalue weighted by atomic mass is 32.2. The topological polar surface area (TPSA) is 75.9 Å². The van der Waals surface area contributed by atoms with Gasteiger partial charge in [-0.15, -0.1) is 10.2 Å². The number of thioether (sulfide) groups is 1. The molecule has 1 aliphatic rings. The third kappa shape index (κ3) is 4.55. The van der Waals surface area contributed by atoms with Crippen molar-refractivity contribution < 1.29 is 4.79 Å². The van der Waals surface area contributed by atoms with Gasteiger partial charge >= 0.3 is 0 Å². The summed E-state index contributed by atoms with van der Waals surface area (Å²) in [6, 6.07) is 5.90. The summed E-state index contributed by atoms with van der Waals surface area (Å²) in [4.78, 5) is 19.1. The molecular weight excluding hydrogens is 348 g/mol. The summed E-state index contributed by atoms with van der Waals surface area (Å²) in [5.74, 6) is 2.84. The van der Waals surface area contributed by atoms with Crippen molar-refractivity contribution in [2.24, 2.45) is 5.92 Å². The first-order valence-corrected chi connectivity index (χ1v) is 10.1. The summed E-state index contributed by atoms with van der Waals surface area (Å²) >= 11 is 1.63. The van der Waals surface area contributed by atoms with Crippen LogP contribution < -0.4 is 10.2 Å². The number of anilines is 1. The second kappa shape index (κ2) is 9.02. The van der Waals surface area contributed by atoms with Crippen LogP contribution in [0, 0.1) is 12.8 Å². The molecule has 0 radical (unpaired) electrons. The molecule has 3 rings (SSSR count). The van der Waals surface area contributed by atoms with E-state index in [4.69, 9.17) is 0 Å². The zero-order chi connectivity index (χ0) is 18.4. The Morgan fingerprint density at radius 2 is 2.27 bits per heavy atom. The van der Waals surface area contributed by atoms with E-state index in [1.807, 2.05) is 25.1 Å². The van der Waals surface area contributed by atoms with Gasteiger partial charge in [0, 0.05) is 38.1 Å². The molecule has 1 aliphatic heterocycles. The monoisotopic (exact) mass is 374 g/mol. The summed E-state index contributed by atoms with van der Waals surface area (Å²) < 4.78 is 2.08. The van der Waals surface area contributed by atoms with Crippen molar-refractivity contribution in [1.82, 2.24) is 25.1 Å². The van der Waals surface area contributed by atoms with Gasteiger partial charge in [0.05, 0.1) is 5.92 Å². The first-order chi connectivity index (χ1) is 12.7. The van der Waals surface area contributed by atoms with Crippen LogP contribution in [0.2, 0.25) is 0 Å². The Labute approximate surface area is 158 Å². The minimum Gasteiger partial charge on any atom is -0.356 e. The van der Waals surface area contributed by atoms with E-state index in [0.717, 1.165) is 55.0 Å². The molecule has 7 nitrogen and oxygen atoms in total. The van der Waals surface area contributed by atoms with E-state index in [2.05, 4.69) is 36.9 Å². The van der Waals surface area contributed by atoms with Gasteiger partial charge in [-0.1, -0.05) is 17.8 Å². The molecule has 3 heterocycles. The number of rotatable bonds is 7. The molecule has 0 bridgehead atoms. The van der Waals surface area contributed by atoms with Crippen molar-refractivity contribution in [2.75, 3.05) is 30.3 Å². The van der Waals surface area contributed by atoms with E-state index in [-0.39, 0.29) is 11.8 Å². The van der Waals surface area contributed by atoms with Crippen molar-refractivity contribution in [1.29, 1.82) is 0 Å². The van der Waals surface area contributed by atoms with Gasteiger partial charge in [-0.3, -0.25) is 4.79 Å². The Kier molecular flexibility index (Phi) is 6.49. The van der Waals surface area contributed by atoms with Crippen molar-refractivity contribution in [2.45, 2.75) is 38.4 Å². The molecule has 0 aromatic carbocycles. The highest BCUT2D eigenvalue weighted by molar-refractivity contribution is 7.99. The number of nitrogens with zero attached hydrogens (tertiary/aromatic N) is 5. The van der Waals surface area contributed by atoms with Gasteiger partial charge in [0.1, 0.15) is 11.6 Å². The molecule has 1 saturated heterocycles. The molecule has 0 unspecified atom stereocenters. The molecule has 26 heavy (non-hydrogen) atoms. The number of pyridine rings is 1. The molecule has 1 N–H and O–H groups in total. The standard InChI is InChI=1S/C18H26N6OS/c1-3-24-14(2)21-22-18(24)26-12-10-20-17(25)15-7-6-11-23(13-15)16-8-4-5-9-19-16/h4-5,8-9,15H,3,6-7,10-13H2,1-2H3,(H,20,25)/t15-/m1/s1. The minimum atomic E-state index is 0.0253. The SMILES string of the molecule is CCn1c(C)nnc1SCCNC(=O)[C@@H]1CCCN(c2ccccn2)C1. The van der Waals surface area contributed by atoms with Crippen molar-refractivity contribution in [3.8, 4) is 0 Å². The Morgan fingerprint density at radius 3 is 3.04 bits per heavy atom. The highest BCUT2D eigenvalue weighted by Gasteiger charge is 2.26. The normalized spacial score (nSPS) is 17.3. The van der Waals surface area contributed by atoms with E-state index < -0.39 is 0 Å². The number of hydrogen-bond acceptors (Lipinski definition) is 6. The van der Waals surface area contributed by atoms with E-state index in [1.54, 1.807) is 18.0 Å². The Hall–Kier alpha value is -2.09. The quantitative estimate of drug-likeness (QED) is 0.591. The van der Waals surface area contributed by atoms with Gasteiger partial charge in [0.15, 0.2) is 5.16 Å². The average molecular weight is 375 g/mol. The number of carbonyl (C=O) groups excluding carboxylic acids is 1. The van der Waals surface area contributed by atoms with Crippen LogP contribution in [-0.2, 0) is 11.3 Å². The van der Waals surface area contributed by atoms with E-state index in [1.165, 1.54) is 0 Å². The van der Waals surface area contributed by atoms with Gasteiger partial charge in [0.2, 0.25) is 5.91 Å². The zero-order valence-corrected chi connectivity index (χ0v) is 16.2. The first kappa shape index (κ1) is 18.7. The van der Waals surface area contributed by atoms with Crippen LogP contribution in [0.15, 0.2) is 29.6 Å². The molecule has 8 heteroatoms. The molecule has 2 aromatic heterocycles. The lowest BCUT2D eigenvalue weighted by molar-refractivity contribution is -0.125. The maximum Gasteiger partial charge on any atom is 0.224 e. The number of nitrogens with one attached hydrogen (secondary N) is 1. The summed E-state index contributed by atoms with van der Waals surface area (Å²) in [6.07, 6.45) is 3.75. The van der Waals surface area contributed by atoms with Crippen molar-refractivity contribution >= 4 is 23.5 Å². The van der Waals surface area contributed by atoms with E-state index in [0.29, 0.717) is 6.54 Å². The molecule has 2 aromatic rings. The highest BCUT2D eigenvalue weighted by Crippen LogP contribution is 2.21. The Bertz CT molecular complexity index is 720. The van der Waals surface area contributed by atoms with Crippen LogP contribution in [0.25, 0.3) is 0 Å². The van der Waals surface area contributed by atoms with E-state index >= 15 is 0 Å². The molecule has 0 spiro atoms. The summed E-state index contributed by atoms with van der Waals surface area (Å²) in [5, 5.41) is 12.3. The van der Waals surface area contributed by atoms with Crippen LogP contribution in [0.1, 0.15) is 25.6 Å². The van der Waals surface area contributed by atoms with Gasteiger partial charge in [-0.2, -0.15) is 0 Å². The second-order valence-electron chi connectivity index (χ2n) is 6.39. The van der Waals surface area contributed by atoms with Crippen molar-refractivity contribution in [3.63, 3.8) is 0 Å². The fourth-order valence-electron chi connectivity index (χ4n) is 3.23. The van der Waals surface area contributed by atoms with Crippen LogP contribution in [0.5, 0.6) is 0 Å². The fraction of sp³-hybridized carbons (Fsp3) is 0.556. The minimum absolute atomic E-state index is 0.0253. The molecule has 1 fully saturated rings. The lowest BCUT2D eigenvalue weighted by Gasteiger charge is -2.32. The largest absolute Gasteiger partial charge is 0.356 e.